The zero-order chi connectivity index (χ0) is 21.1. The van der Waals surface area contributed by atoms with Gasteiger partial charge in [-0.2, -0.15) is 0 Å². The standard InChI is InChI=1S/C22H29N5O3/c1-3-19-26-20-21(27(19)13-15-6-9-29-10-7-15)17-5-4-16(12-18(17)25-22(20)23)30-11-8-24-14(2)28/h4-5,12,15H,3,6-11,13H2,1-2H3,(H2,23,25)(H,24,28). The van der Waals surface area contributed by atoms with Crippen LogP contribution in [-0.4, -0.2) is 46.8 Å². The maximum absolute atomic E-state index is 11.0. The van der Waals surface area contributed by atoms with Crippen LogP contribution >= 0.6 is 0 Å². The van der Waals surface area contributed by atoms with Gasteiger partial charge in [-0.1, -0.05) is 6.92 Å². The van der Waals surface area contributed by atoms with Gasteiger partial charge in [0.1, 0.15) is 23.7 Å². The lowest BCUT2D eigenvalue weighted by atomic mass is 10.00. The predicted molar refractivity (Wildman–Crippen MR) is 117 cm³/mol. The molecule has 2 aromatic heterocycles. The van der Waals surface area contributed by atoms with Gasteiger partial charge in [-0.3, -0.25) is 4.79 Å². The van der Waals surface area contributed by atoms with Gasteiger partial charge >= 0.3 is 0 Å². The van der Waals surface area contributed by atoms with Gasteiger partial charge in [0, 0.05) is 44.6 Å². The minimum absolute atomic E-state index is 0.0709. The third kappa shape index (κ3) is 4.18. The highest BCUT2D eigenvalue weighted by Crippen LogP contribution is 2.32. The number of rotatable bonds is 7. The van der Waals surface area contributed by atoms with Gasteiger partial charge < -0.3 is 25.1 Å². The van der Waals surface area contributed by atoms with Gasteiger partial charge in [-0.05, 0) is 30.9 Å². The van der Waals surface area contributed by atoms with Gasteiger partial charge in [-0.25, -0.2) is 9.97 Å². The van der Waals surface area contributed by atoms with E-state index < -0.39 is 0 Å². The number of nitrogens with zero attached hydrogens (tertiary/aromatic N) is 3. The van der Waals surface area contributed by atoms with E-state index in [9.17, 15) is 4.79 Å². The van der Waals surface area contributed by atoms with Crippen LogP contribution in [0.1, 0.15) is 32.5 Å². The van der Waals surface area contributed by atoms with E-state index in [2.05, 4.69) is 21.8 Å². The number of anilines is 1. The molecule has 0 aliphatic carbocycles. The summed E-state index contributed by atoms with van der Waals surface area (Å²) in [6.45, 7) is 7.02. The van der Waals surface area contributed by atoms with E-state index in [1.54, 1.807) is 0 Å². The quantitative estimate of drug-likeness (QED) is 0.579. The molecule has 0 atom stereocenters. The molecule has 3 heterocycles. The molecule has 1 saturated heterocycles. The highest BCUT2D eigenvalue weighted by molar-refractivity contribution is 6.06. The Kier molecular flexibility index (Phi) is 6.03. The summed E-state index contributed by atoms with van der Waals surface area (Å²) >= 11 is 0. The first kappa shape index (κ1) is 20.4. The number of aromatic nitrogens is 3. The molecule has 8 nitrogen and oxygen atoms in total. The molecule has 0 bridgehead atoms. The molecular formula is C22H29N5O3. The molecule has 0 unspecified atom stereocenters. The van der Waals surface area contributed by atoms with Crippen LogP contribution in [-0.2, 0) is 22.5 Å². The van der Waals surface area contributed by atoms with Crippen LogP contribution in [0.3, 0.4) is 0 Å². The third-order valence-corrected chi connectivity index (χ3v) is 5.60. The Labute approximate surface area is 175 Å². The Bertz CT molecular complexity index is 1060. The molecular weight excluding hydrogens is 382 g/mol. The molecule has 160 valence electrons. The van der Waals surface area contributed by atoms with Crippen molar-refractivity contribution < 1.29 is 14.3 Å². The molecule has 1 aromatic carbocycles. The zero-order valence-corrected chi connectivity index (χ0v) is 17.6. The minimum atomic E-state index is -0.0709. The maximum Gasteiger partial charge on any atom is 0.216 e. The molecule has 1 fully saturated rings. The van der Waals surface area contributed by atoms with Crippen LogP contribution in [0.2, 0.25) is 0 Å². The first-order valence-electron chi connectivity index (χ1n) is 10.6. The van der Waals surface area contributed by atoms with Crippen LogP contribution < -0.4 is 15.8 Å². The molecule has 0 radical (unpaired) electrons. The molecule has 0 saturated carbocycles. The highest BCUT2D eigenvalue weighted by Gasteiger charge is 2.21. The van der Waals surface area contributed by atoms with Gasteiger partial charge in [0.25, 0.3) is 0 Å². The number of amides is 1. The fraction of sp³-hybridized carbons (Fsp3) is 0.500. The van der Waals surface area contributed by atoms with Crippen LogP contribution in [0.5, 0.6) is 5.75 Å². The Balaban J connectivity index is 1.69. The normalized spacial score (nSPS) is 15.0. The number of fused-ring (bicyclic) bond motifs is 3. The molecule has 30 heavy (non-hydrogen) atoms. The van der Waals surface area contributed by atoms with Crippen molar-refractivity contribution in [2.45, 2.75) is 39.7 Å². The first-order valence-corrected chi connectivity index (χ1v) is 10.6. The summed E-state index contributed by atoms with van der Waals surface area (Å²) in [5.74, 6) is 2.67. The summed E-state index contributed by atoms with van der Waals surface area (Å²) in [7, 11) is 0. The number of imidazole rings is 1. The van der Waals surface area contributed by atoms with E-state index in [-0.39, 0.29) is 5.91 Å². The summed E-state index contributed by atoms with van der Waals surface area (Å²) in [6, 6.07) is 5.86. The van der Waals surface area contributed by atoms with Crippen LogP contribution in [0.15, 0.2) is 18.2 Å². The number of nitrogens with one attached hydrogen (secondary N) is 1. The lowest BCUT2D eigenvalue weighted by Gasteiger charge is -2.23. The summed E-state index contributed by atoms with van der Waals surface area (Å²) < 4.78 is 13.6. The monoisotopic (exact) mass is 411 g/mol. The van der Waals surface area contributed by atoms with Gasteiger partial charge in [0.15, 0.2) is 5.82 Å². The molecule has 3 N–H and O–H groups in total. The number of hydrogen-bond acceptors (Lipinski definition) is 6. The molecule has 1 aliphatic rings. The maximum atomic E-state index is 11.0. The van der Waals surface area contributed by atoms with Crippen molar-refractivity contribution in [1.29, 1.82) is 0 Å². The Morgan fingerprint density at radius 1 is 1.33 bits per heavy atom. The number of hydrogen-bond donors (Lipinski definition) is 2. The van der Waals surface area contributed by atoms with Crippen molar-refractivity contribution in [1.82, 2.24) is 19.9 Å². The molecule has 8 heteroatoms. The van der Waals surface area contributed by atoms with Crippen LogP contribution in [0, 0.1) is 5.92 Å². The number of ether oxygens (including phenoxy) is 2. The lowest BCUT2D eigenvalue weighted by Crippen LogP contribution is -2.25. The van der Waals surface area contributed by atoms with Crippen molar-refractivity contribution in [3.8, 4) is 5.75 Å². The SMILES string of the molecule is CCc1nc2c(N)nc3cc(OCCNC(C)=O)ccc3c2n1CC1CCOCC1. The average molecular weight is 412 g/mol. The summed E-state index contributed by atoms with van der Waals surface area (Å²) in [6.07, 6.45) is 2.96. The van der Waals surface area contributed by atoms with Crippen molar-refractivity contribution in [3.63, 3.8) is 0 Å². The fourth-order valence-electron chi connectivity index (χ4n) is 4.08. The van der Waals surface area contributed by atoms with Crippen molar-refractivity contribution in [2.75, 3.05) is 32.1 Å². The fourth-order valence-corrected chi connectivity index (χ4v) is 4.08. The zero-order valence-electron chi connectivity index (χ0n) is 17.6. The average Bonchev–Trinajstić information content (AvgIpc) is 3.11. The number of benzene rings is 1. The topological polar surface area (TPSA) is 104 Å². The lowest BCUT2D eigenvalue weighted by molar-refractivity contribution is -0.119. The van der Waals surface area contributed by atoms with Gasteiger partial charge in [-0.15, -0.1) is 0 Å². The summed E-state index contributed by atoms with van der Waals surface area (Å²) in [4.78, 5) is 20.4. The summed E-state index contributed by atoms with van der Waals surface area (Å²) in [5.41, 5.74) is 8.90. The van der Waals surface area contributed by atoms with E-state index in [4.69, 9.17) is 20.2 Å². The molecule has 1 aliphatic heterocycles. The van der Waals surface area contributed by atoms with E-state index in [1.165, 1.54) is 6.92 Å². The number of aryl methyl sites for hydroxylation is 1. The number of carbonyl (C=O) groups is 1. The summed E-state index contributed by atoms with van der Waals surface area (Å²) in [5, 5.41) is 3.74. The van der Waals surface area contributed by atoms with Crippen molar-refractivity contribution in [3.05, 3.63) is 24.0 Å². The molecule has 4 rings (SSSR count). The number of carbonyl (C=O) groups excluding carboxylic acids is 1. The second kappa shape index (κ2) is 8.87. The minimum Gasteiger partial charge on any atom is -0.492 e. The van der Waals surface area contributed by atoms with E-state index in [0.29, 0.717) is 30.6 Å². The number of pyridine rings is 1. The molecule has 3 aromatic rings. The second-order valence-corrected chi connectivity index (χ2v) is 7.75. The Hall–Kier alpha value is -2.87. The van der Waals surface area contributed by atoms with Crippen molar-refractivity contribution in [2.24, 2.45) is 5.92 Å². The van der Waals surface area contributed by atoms with E-state index >= 15 is 0 Å². The largest absolute Gasteiger partial charge is 0.492 e. The van der Waals surface area contributed by atoms with Crippen LogP contribution in [0.25, 0.3) is 21.9 Å². The van der Waals surface area contributed by atoms with Gasteiger partial charge in [0.05, 0.1) is 17.6 Å². The van der Waals surface area contributed by atoms with Crippen molar-refractivity contribution >= 4 is 33.7 Å². The molecule has 0 spiro atoms. The number of nitrogens with two attached hydrogens (primary N) is 1. The first-order chi connectivity index (χ1) is 14.6. The van der Waals surface area contributed by atoms with E-state index in [1.807, 2.05) is 18.2 Å². The van der Waals surface area contributed by atoms with E-state index in [0.717, 1.165) is 66.8 Å². The predicted octanol–water partition coefficient (Wildman–Crippen LogP) is 2.67. The van der Waals surface area contributed by atoms with Gasteiger partial charge in [0.2, 0.25) is 5.91 Å². The van der Waals surface area contributed by atoms with Crippen LogP contribution in [0.4, 0.5) is 5.82 Å². The third-order valence-electron chi connectivity index (χ3n) is 5.60. The Morgan fingerprint density at radius 3 is 2.87 bits per heavy atom. The molecule has 1 amide bonds. The Morgan fingerprint density at radius 2 is 2.13 bits per heavy atom. The highest BCUT2D eigenvalue weighted by atomic mass is 16.5. The number of nitrogen functional groups attached to an aromatic ring is 1. The smallest absolute Gasteiger partial charge is 0.216 e. The second-order valence-electron chi connectivity index (χ2n) is 7.75.